The molecule has 0 fully saturated rings. The zero-order valence-corrected chi connectivity index (χ0v) is 9.73. The van der Waals surface area contributed by atoms with Gasteiger partial charge in [0.1, 0.15) is 0 Å². The maximum absolute atomic E-state index is 13.1. The van der Waals surface area contributed by atoms with E-state index < -0.39 is 17.6 Å². The first kappa shape index (κ1) is 12.6. The number of rotatable bonds is 4. The molecule has 1 N–H and O–H groups in total. The minimum absolute atomic E-state index is 0.208. The number of aliphatic hydroxyl groups is 1. The van der Waals surface area contributed by atoms with Crippen LogP contribution in [0.1, 0.15) is 23.3 Å². The fourth-order valence-corrected chi connectivity index (χ4v) is 1.66. The second-order valence-electron chi connectivity index (χ2n) is 3.99. The van der Waals surface area contributed by atoms with E-state index in [9.17, 15) is 13.9 Å². The Morgan fingerprint density at radius 1 is 1.28 bits per heavy atom. The zero-order chi connectivity index (χ0) is 13.1. The molecule has 0 radical (unpaired) electrons. The smallest absolute Gasteiger partial charge is 0.222 e. The Kier molecular flexibility index (Phi) is 3.66. The summed E-state index contributed by atoms with van der Waals surface area (Å²) in [4.78, 5) is 0. The Balaban J connectivity index is 2.17. The van der Waals surface area contributed by atoms with E-state index in [4.69, 9.17) is 4.42 Å². The predicted molar refractivity (Wildman–Crippen MR) is 58.9 cm³/mol. The summed E-state index contributed by atoms with van der Waals surface area (Å²) in [5, 5.41) is 16.8. The third kappa shape index (κ3) is 2.70. The average molecular weight is 254 g/mol. The number of benzene rings is 1. The van der Waals surface area contributed by atoms with Gasteiger partial charge in [0.05, 0.1) is 12.5 Å². The minimum atomic E-state index is -0.911. The Labute approximate surface area is 102 Å². The van der Waals surface area contributed by atoms with Gasteiger partial charge in [0.2, 0.25) is 11.8 Å². The van der Waals surface area contributed by atoms with Crippen molar-refractivity contribution >= 4 is 0 Å². The van der Waals surface area contributed by atoms with Crippen molar-refractivity contribution in [3.63, 3.8) is 0 Å². The molecule has 0 aliphatic heterocycles. The number of aromatic nitrogens is 2. The van der Waals surface area contributed by atoms with E-state index in [1.807, 2.05) is 0 Å². The molecule has 1 heterocycles. The van der Waals surface area contributed by atoms with E-state index in [0.29, 0.717) is 23.8 Å². The fraction of sp³-hybridized carbons (Fsp3) is 0.333. The zero-order valence-electron chi connectivity index (χ0n) is 9.73. The number of aliphatic hydroxyl groups excluding tert-OH is 1. The lowest BCUT2D eigenvalue weighted by Gasteiger charge is -2.09. The van der Waals surface area contributed by atoms with Gasteiger partial charge < -0.3 is 9.52 Å². The average Bonchev–Trinajstić information content (AvgIpc) is 2.77. The third-order valence-corrected chi connectivity index (χ3v) is 2.58. The summed E-state index contributed by atoms with van der Waals surface area (Å²) in [5.74, 6) is -1.54. The molecule has 4 nitrogen and oxygen atoms in total. The molecule has 1 aromatic carbocycles. The maximum atomic E-state index is 13.1. The second kappa shape index (κ2) is 5.22. The summed E-state index contributed by atoms with van der Waals surface area (Å²) in [7, 11) is 0. The highest BCUT2D eigenvalue weighted by Gasteiger charge is 2.18. The summed E-state index contributed by atoms with van der Waals surface area (Å²) in [6.45, 7) is 1.43. The lowest BCUT2D eigenvalue weighted by Crippen LogP contribution is -2.08. The number of aryl methyl sites for hydroxylation is 1. The van der Waals surface area contributed by atoms with E-state index in [-0.39, 0.29) is 6.61 Å². The van der Waals surface area contributed by atoms with Crippen LogP contribution < -0.4 is 0 Å². The van der Waals surface area contributed by atoms with E-state index in [1.54, 1.807) is 6.92 Å². The molecule has 1 unspecified atom stereocenters. The normalized spacial score (nSPS) is 12.7. The highest BCUT2D eigenvalue weighted by molar-refractivity contribution is 5.19. The van der Waals surface area contributed by atoms with Crippen LogP contribution in [0, 0.1) is 18.6 Å². The van der Waals surface area contributed by atoms with E-state index in [1.165, 1.54) is 6.07 Å². The fourth-order valence-electron chi connectivity index (χ4n) is 1.66. The van der Waals surface area contributed by atoms with Crippen LogP contribution in [0.3, 0.4) is 0 Å². The Morgan fingerprint density at radius 2 is 2.06 bits per heavy atom. The largest absolute Gasteiger partial charge is 0.425 e. The van der Waals surface area contributed by atoms with Crippen LogP contribution in [0.4, 0.5) is 8.78 Å². The van der Waals surface area contributed by atoms with Crippen LogP contribution in [0.15, 0.2) is 22.6 Å². The first-order valence-corrected chi connectivity index (χ1v) is 5.45. The molecule has 2 rings (SSSR count). The third-order valence-electron chi connectivity index (χ3n) is 2.58. The summed E-state index contributed by atoms with van der Waals surface area (Å²) in [6.07, 6.45) is 0.301. The monoisotopic (exact) mass is 254 g/mol. The Morgan fingerprint density at radius 3 is 2.61 bits per heavy atom. The van der Waals surface area contributed by atoms with Crippen molar-refractivity contribution in [2.75, 3.05) is 6.61 Å². The van der Waals surface area contributed by atoms with Crippen molar-refractivity contribution in [3.8, 4) is 0 Å². The van der Waals surface area contributed by atoms with Gasteiger partial charge in [-0.3, -0.25) is 0 Å². The van der Waals surface area contributed by atoms with Crippen LogP contribution in [0.5, 0.6) is 0 Å². The molecule has 6 heteroatoms. The van der Waals surface area contributed by atoms with Crippen molar-refractivity contribution < 1.29 is 18.3 Å². The maximum Gasteiger partial charge on any atom is 0.222 e. The van der Waals surface area contributed by atoms with Gasteiger partial charge in [-0.15, -0.1) is 10.2 Å². The van der Waals surface area contributed by atoms with Gasteiger partial charge in [0, 0.05) is 6.92 Å². The van der Waals surface area contributed by atoms with Crippen LogP contribution in [-0.4, -0.2) is 21.9 Å². The molecular formula is C12H12F2N2O2. The summed E-state index contributed by atoms with van der Waals surface area (Å²) in [6, 6.07) is 3.61. The lowest BCUT2D eigenvalue weighted by molar-refractivity contribution is 0.242. The molecule has 0 aliphatic rings. The van der Waals surface area contributed by atoms with Crippen LogP contribution >= 0.6 is 0 Å². The molecule has 1 atom stereocenters. The molecule has 0 amide bonds. The topological polar surface area (TPSA) is 59.2 Å². The standard InChI is InChI=1S/C12H12F2N2O2/c1-7-15-16-12(18-7)9(6-17)4-8-2-3-10(13)11(14)5-8/h2-3,5,9,17H,4,6H2,1H3. The highest BCUT2D eigenvalue weighted by Crippen LogP contribution is 2.20. The van der Waals surface area contributed by atoms with Gasteiger partial charge in [-0.2, -0.15) is 0 Å². The summed E-state index contributed by atoms with van der Waals surface area (Å²) >= 11 is 0. The van der Waals surface area contributed by atoms with Crippen molar-refractivity contribution in [1.82, 2.24) is 10.2 Å². The minimum Gasteiger partial charge on any atom is -0.425 e. The molecule has 0 saturated carbocycles. The first-order valence-electron chi connectivity index (χ1n) is 5.45. The van der Waals surface area contributed by atoms with Crippen molar-refractivity contribution in [2.45, 2.75) is 19.3 Å². The van der Waals surface area contributed by atoms with E-state index in [2.05, 4.69) is 10.2 Å². The Bertz CT molecular complexity index is 543. The van der Waals surface area contributed by atoms with Crippen LogP contribution in [0.25, 0.3) is 0 Å². The number of halogens is 2. The van der Waals surface area contributed by atoms with Gasteiger partial charge in [0.15, 0.2) is 11.6 Å². The highest BCUT2D eigenvalue weighted by atomic mass is 19.2. The molecule has 0 bridgehead atoms. The van der Waals surface area contributed by atoms with Gasteiger partial charge in [0.25, 0.3) is 0 Å². The predicted octanol–water partition coefficient (Wildman–Crippen LogP) is 1.97. The van der Waals surface area contributed by atoms with Crippen LogP contribution in [0.2, 0.25) is 0 Å². The molecule has 0 spiro atoms. The molecule has 1 aromatic heterocycles. The molecule has 2 aromatic rings. The van der Waals surface area contributed by atoms with Gasteiger partial charge >= 0.3 is 0 Å². The number of hydrogen-bond acceptors (Lipinski definition) is 4. The van der Waals surface area contributed by atoms with Crippen molar-refractivity contribution in [2.24, 2.45) is 0 Å². The SMILES string of the molecule is Cc1nnc(C(CO)Cc2ccc(F)c(F)c2)o1. The quantitative estimate of drug-likeness (QED) is 0.906. The summed E-state index contributed by atoms with van der Waals surface area (Å²) in [5.41, 5.74) is 0.559. The van der Waals surface area contributed by atoms with Gasteiger partial charge in [-0.1, -0.05) is 6.07 Å². The summed E-state index contributed by atoms with van der Waals surface area (Å²) < 4.78 is 31.0. The number of hydrogen-bond donors (Lipinski definition) is 1. The molecule has 96 valence electrons. The lowest BCUT2D eigenvalue weighted by atomic mass is 10.00. The first-order chi connectivity index (χ1) is 8.60. The molecular weight excluding hydrogens is 242 g/mol. The van der Waals surface area contributed by atoms with Crippen molar-refractivity contribution in [1.29, 1.82) is 0 Å². The van der Waals surface area contributed by atoms with E-state index in [0.717, 1.165) is 12.1 Å². The molecule has 0 aliphatic carbocycles. The molecule has 0 saturated heterocycles. The second-order valence-corrected chi connectivity index (χ2v) is 3.99. The Hall–Kier alpha value is -1.82. The molecule has 18 heavy (non-hydrogen) atoms. The van der Waals surface area contributed by atoms with Gasteiger partial charge in [-0.25, -0.2) is 8.78 Å². The van der Waals surface area contributed by atoms with Crippen molar-refractivity contribution in [3.05, 3.63) is 47.2 Å². The van der Waals surface area contributed by atoms with Crippen LogP contribution in [-0.2, 0) is 6.42 Å². The number of nitrogens with zero attached hydrogens (tertiary/aromatic N) is 2. The van der Waals surface area contributed by atoms with E-state index >= 15 is 0 Å². The van der Waals surface area contributed by atoms with Gasteiger partial charge in [-0.05, 0) is 24.1 Å².